The average molecular weight is 435 g/mol. The van der Waals surface area contributed by atoms with Crippen LogP contribution in [-0.2, 0) is 0 Å². The van der Waals surface area contributed by atoms with Crippen molar-refractivity contribution in [2.45, 2.75) is 94.2 Å². The minimum Gasteiger partial charge on any atom is -0.431 e. The van der Waals surface area contributed by atoms with Crippen LogP contribution >= 0.6 is 0 Å². The van der Waals surface area contributed by atoms with Gasteiger partial charge in [0.2, 0.25) is 0 Å². The first-order valence-electron chi connectivity index (χ1n) is 11.5. The fraction of sp³-hybridized carbons (Fsp3) is 0.792. The van der Waals surface area contributed by atoms with Crippen molar-refractivity contribution >= 4 is 0 Å². The lowest BCUT2D eigenvalue weighted by molar-refractivity contribution is -0.281. The van der Waals surface area contributed by atoms with Crippen LogP contribution < -0.4 is 5.63 Å². The van der Waals surface area contributed by atoms with Gasteiger partial charge in [-0.25, -0.2) is 4.79 Å². The third kappa shape index (κ3) is 2.61. The fourth-order valence-electron chi connectivity index (χ4n) is 8.46. The Labute approximate surface area is 181 Å². The molecule has 1 aromatic heterocycles. The molecule has 10 atom stereocenters. The van der Waals surface area contributed by atoms with Gasteiger partial charge in [-0.1, -0.05) is 13.8 Å². The molecule has 1 aromatic rings. The second-order valence-corrected chi connectivity index (χ2v) is 11.2. The molecular formula is C24H34O7. The predicted molar refractivity (Wildman–Crippen MR) is 111 cm³/mol. The minimum atomic E-state index is -1.17. The van der Waals surface area contributed by atoms with Crippen molar-refractivity contribution < 1.29 is 29.9 Å². The lowest BCUT2D eigenvalue weighted by atomic mass is 9.41. The molecule has 0 bridgehead atoms. The molecule has 1 heterocycles. The van der Waals surface area contributed by atoms with Crippen molar-refractivity contribution in [2.75, 3.05) is 0 Å². The van der Waals surface area contributed by atoms with Crippen molar-refractivity contribution in [1.82, 2.24) is 0 Å². The molecule has 7 heteroatoms. The Balaban J connectivity index is 1.55. The van der Waals surface area contributed by atoms with E-state index >= 15 is 0 Å². The molecule has 0 aromatic carbocycles. The quantitative estimate of drug-likeness (QED) is 0.450. The summed E-state index contributed by atoms with van der Waals surface area (Å²) < 4.78 is 5.07. The van der Waals surface area contributed by atoms with Gasteiger partial charge in [-0.2, -0.15) is 0 Å². The number of fused-ring (bicyclic) bond motifs is 5. The van der Waals surface area contributed by atoms with Crippen molar-refractivity contribution in [3.8, 4) is 0 Å². The van der Waals surface area contributed by atoms with Gasteiger partial charge in [0.1, 0.15) is 0 Å². The molecule has 0 unspecified atom stereocenters. The molecule has 4 aliphatic carbocycles. The van der Waals surface area contributed by atoms with E-state index in [-0.39, 0.29) is 37.0 Å². The van der Waals surface area contributed by atoms with E-state index in [1.165, 1.54) is 12.3 Å². The van der Waals surface area contributed by atoms with Crippen molar-refractivity contribution in [1.29, 1.82) is 0 Å². The number of aliphatic hydroxyl groups is 5. The van der Waals surface area contributed by atoms with Crippen LogP contribution in [0.15, 0.2) is 27.6 Å². The summed E-state index contributed by atoms with van der Waals surface area (Å²) in [6.45, 7) is 3.93. The van der Waals surface area contributed by atoms with E-state index in [1.54, 1.807) is 6.07 Å². The molecule has 7 nitrogen and oxygen atoms in total. The Morgan fingerprint density at radius 3 is 2.39 bits per heavy atom. The summed E-state index contributed by atoms with van der Waals surface area (Å²) >= 11 is 0. The first-order valence-corrected chi connectivity index (χ1v) is 11.5. The zero-order valence-electron chi connectivity index (χ0n) is 18.2. The SMILES string of the molecule is C[C@]12[C@H](O)C[C@H](O)C[C@@]1(O)CC[C@@H]1[C@@H]2CC[C@]2(C)[C@@H](c3ccc(=O)oc3)[C@@H](O)C[C@]12O. The third-order valence-electron chi connectivity index (χ3n) is 10.1. The summed E-state index contributed by atoms with van der Waals surface area (Å²) in [5.41, 5.74) is -3.53. The van der Waals surface area contributed by atoms with Gasteiger partial charge >= 0.3 is 5.63 Å². The maximum atomic E-state index is 12.2. The summed E-state index contributed by atoms with van der Waals surface area (Å²) in [7, 11) is 0. The van der Waals surface area contributed by atoms with E-state index in [0.717, 1.165) is 0 Å². The van der Waals surface area contributed by atoms with Gasteiger partial charge in [0, 0.05) is 35.7 Å². The minimum absolute atomic E-state index is 0.119. The molecule has 172 valence electrons. The number of hydrogen-bond acceptors (Lipinski definition) is 7. The Bertz CT molecular complexity index is 910. The summed E-state index contributed by atoms with van der Waals surface area (Å²) in [5.74, 6) is -0.669. The van der Waals surface area contributed by atoms with Crippen LogP contribution in [0.4, 0.5) is 0 Å². The molecule has 0 radical (unpaired) electrons. The second kappa shape index (κ2) is 6.64. The van der Waals surface area contributed by atoms with Crippen LogP contribution in [-0.4, -0.2) is 55.0 Å². The number of hydrogen-bond donors (Lipinski definition) is 5. The summed E-state index contributed by atoms with van der Waals surface area (Å²) in [4.78, 5) is 11.4. The van der Waals surface area contributed by atoms with Crippen LogP contribution in [0.2, 0.25) is 0 Å². The first-order chi connectivity index (χ1) is 14.5. The fourth-order valence-corrected chi connectivity index (χ4v) is 8.46. The Hall–Kier alpha value is -1.25. The van der Waals surface area contributed by atoms with E-state index in [1.807, 2.05) is 13.8 Å². The van der Waals surface area contributed by atoms with Crippen LogP contribution in [0, 0.1) is 22.7 Å². The average Bonchev–Trinajstić information content (AvgIpc) is 2.90. The smallest absolute Gasteiger partial charge is 0.335 e. The standard InChI is InChI=1S/C24H34O7/c1-21-7-5-15-16(6-8-23(29)10-14(25)9-18(27)22(15,23)2)24(21,30)11-17(26)20(21)13-3-4-19(28)31-12-13/h3-4,12,14-18,20,25-27,29-30H,5-11H2,1-2H3/t14-,15-,16+,17-,18+,20-,21+,22-,23-,24-/m0/s1. The maximum Gasteiger partial charge on any atom is 0.335 e. The highest BCUT2D eigenvalue weighted by Crippen LogP contribution is 2.71. The number of rotatable bonds is 1. The van der Waals surface area contributed by atoms with Crippen LogP contribution in [0.5, 0.6) is 0 Å². The second-order valence-electron chi connectivity index (χ2n) is 11.2. The molecule has 4 aliphatic rings. The monoisotopic (exact) mass is 434 g/mol. The predicted octanol–water partition coefficient (Wildman–Crippen LogP) is 1.30. The van der Waals surface area contributed by atoms with Gasteiger partial charge in [-0.05, 0) is 55.6 Å². The molecule has 31 heavy (non-hydrogen) atoms. The van der Waals surface area contributed by atoms with E-state index in [4.69, 9.17) is 4.42 Å². The molecule has 5 N–H and O–H groups in total. The molecule has 0 amide bonds. The van der Waals surface area contributed by atoms with E-state index < -0.39 is 46.0 Å². The molecule has 4 saturated carbocycles. The maximum absolute atomic E-state index is 12.2. The van der Waals surface area contributed by atoms with E-state index in [0.29, 0.717) is 31.2 Å². The molecule has 4 fully saturated rings. The number of aliphatic hydroxyl groups excluding tert-OH is 3. The van der Waals surface area contributed by atoms with Gasteiger partial charge in [-0.15, -0.1) is 0 Å². The van der Waals surface area contributed by atoms with Crippen LogP contribution in [0.3, 0.4) is 0 Å². The Morgan fingerprint density at radius 1 is 1.00 bits per heavy atom. The molecule has 0 spiro atoms. The molecule has 0 saturated heterocycles. The van der Waals surface area contributed by atoms with Gasteiger partial charge in [0.05, 0.1) is 35.8 Å². The van der Waals surface area contributed by atoms with Gasteiger partial charge < -0.3 is 29.9 Å². The van der Waals surface area contributed by atoms with Crippen LogP contribution in [0.25, 0.3) is 0 Å². The normalized spacial score (nSPS) is 54.0. The van der Waals surface area contributed by atoms with E-state index in [2.05, 4.69) is 0 Å². The zero-order chi connectivity index (χ0) is 22.4. The largest absolute Gasteiger partial charge is 0.431 e. The lowest BCUT2D eigenvalue weighted by Gasteiger charge is -2.66. The van der Waals surface area contributed by atoms with Crippen molar-refractivity contribution in [3.63, 3.8) is 0 Å². The highest BCUT2D eigenvalue weighted by Gasteiger charge is 2.73. The first kappa shape index (κ1) is 21.6. The zero-order valence-corrected chi connectivity index (χ0v) is 18.2. The Kier molecular flexibility index (Phi) is 4.62. The molecule has 5 rings (SSSR count). The summed E-state index contributed by atoms with van der Waals surface area (Å²) in [6.07, 6.45) is 2.01. The van der Waals surface area contributed by atoms with Crippen LogP contribution in [0.1, 0.15) is 70.3 Å². The van der Waals surface area contributed by atoms with Crippen molar-refractivity contribution in [3.05, 3.63) is 34.4 Å². The highest BCUT2D eigenvalue weighted by molar-refractivity contribution is 5.30. The molecular weight excluding hydrogens is 400 g/mol. The summed E-state index contributed by atoms with van der Waals surface area (Å²) in [5, 5.41) is 56.1. The van der Waals surface area contributed by atoms with Gasteiger partial charge in [0.15, 0.2) is 0 Å². The summed E-state index contributed by atoms with van der Waals surface area (Å²) in [6, 6.07) is 3.02. The van der Waals surface area contributed by atoms with Gasteiger partial charge in [-0.3, -0.25) is 0 Å². The molecule has 0 aliphatic heterocycles. The highest BCUT2D eigenvalue weighted by atomic mass is 16.4. The van der Waals surface area contributed by atoms with Crippen molar-refractivity contribution in [2.24, 2.45) is 22.7 Å². The van der Waals surface area contributed by atoms with Gasteiger partial charge in [0.25, 0.3) is 0 Å². The third-order valence-corrected chi connectivity index (χ3v) is 10.1. The topological polar surface area (TPSA) is 131 Å². The Morgan fingerprint density at radius 2 is 1.71 bits per heavy atom. The lowest BCUT2D eigenvalue weighted by Crippen LogP contribution is -2.70. The van der Waals surface area contributed by atoms with E-state index in [9.17, 15) is 30.3 Å².